The van der Waals surface area contributed by atoms with Gasteiger partial charge in [-0.05, 0) is 19.1 Å². The molecule has 1 aliphatic rings. The molecule has 0 radical (unpaired) electrons. The molecular weight excluding hydrogens is 320 g/mol. The van der Waals surface area contributed by atoms with Crippen LogP contribution in [0.15, 0.2) is 54.6 Å². The van der Waals surface area contributed by atoms with Gasteiger partial charge in [0.1, 0.15) is 22.2 Å². The van der Waals surface area contributed by atoms with Gasteiger partial charge in [-0.25, -0.2) is 4.98 Å². The normalized spacial score (nSPS) is 13.3. The van der Waals surface area contributed by atoms with Crippen LogP contribution in [0, 0.1) is 6.92 Å². The molecule has 1 amide bonds. The van der Waals surface area contributed by atoms with Crippen LogP contribution in [0.3, 0.4) is 0 Å². The Balaban J connectivity index is 1.70. The minimum Gasteiger partial charge on any atom is -0.490 e. The van der Waals surface area contributed by atoms with E-state index in [0.29, 0.717) is 18.0 Å². The van der Waals surface area contributed by atoms with Crippen molar-refractivity contribution in [3.63, 3.8) is 0 Å². The highest BCUT2D eigenvalue weighted by Crippen LogP contribution is 2.34. The zero-order valence-corrected chi connectivity index (χ0v) is 14.0. The summed E-state index contributed by atoms with van der Waals surface area (Å²) >= 11 is 1.45. The van der Waals surface area contributed by atoms with Gasteiger partial charge < -0.3 is 9.64 Å². The number of ether oxygens (including phenoxy) is 1. The van der Waals surface area contributed by atoms with Gasteiger partial charge in [-0.2, -0.15) is 0 Å². The second kappa shape index (κ2) is 6.09. The fourth-order valence-electron chi connectivity index (χ4n) is 2.80. The average Bonchev–Trinajstić information content (AvgIpc) is 3.03. The number of para-hydroxylation sites is 2. The van der Waals surface area contributed by atoms with Crippen LogP contribution in [0.5, 0.6) is 5.75 Å². The van der Waals surface area contributed by atoms with Crippen LogP contribution in [0.25, 0.3) is 10.6 Å². The van der Waals surface area contributed by atoms with Gasteiger partial charge in [-0.1, -0.05) is 42.5 Å². The molecule has 4 nitrogen and oxygen atoms in total. The predicted octanol–water partition coefficient (Wildman–Crippen LogP) is 4.16. The summed E-state index contributed by atoms with van der Waals surface area (Å²) in [6.45, 7) is 2.95. The number of hydrogen-bond donors (Lipinski definition) is 0. The highest BCUT2D eigenvalue weighted by atomic mass is 32.1. The van der Waals surface area contributed by atoms with E-state index in [-0.39, 0.29) is 5.91 Å². The Labute approximate surface area is 144 Å². The summed E-state index contributed by atoms with van der Waals surface area (Å²) in [6.07, 6.45) is 0. The maximum Gasteiger partial charge on any atom is 0.270 e. The van der Waals surface area contributed by atoms with E-state index in [9.17, 15) is 4.79 Å². The van der Waals surface area contributed by atoms with Gasteiger partial charge in [-0.3, -0.25) is 4.79 Å². The molecule has 120 valence electrons. The average molecular weight is 336 g/mol. The number of fused-ring (bicyclic) bond motifs is 1. The van der Waals surface area contributed by atoms with E-state index in [1.807, 2.05) is 61.5 Å². The summed E-state index contributed by atoms with van der Waals surface area (Å²) in [5, 5.41) is 0.873. The number of amides is 1. The van der Waals surface area contributed by atoms with Gasteiger partial charge in [0.2, 0.25) is 0 Å². The van der Waals surface area contributed by atoms with Gasteiger partial charge in [-0.15, -0.1) is 11.3 Å². The summed E-state index contributed by atoms with van der Waals surface area (Å²) < 4.78 is 5.64. The zero-order valence-electron chi connectivity index (χ0n) is 13.2. The van der Waals surface area contributed by atoms with Crippen molar-refractivity contribution in [2.45, 2.75) is 6.92 Å². The van der Waals surface area contributed by atoms with Crippen LogP contribution >= 0.6 is 11.3 Å². The second-order valence-electron chi connectivity index (χ2n) is 5.57. The topological polar surface area (TPSA) is 42.4 Å². The predicted molar refractivity (Wildman–Crippen MR) is 95.9 cm³/mol. The largest absolute Gasteiger partial charge is 0.490 e. The van der Waals surface area contributed by atoms with Crippen molar-refractivity contribution >= 4 is 22.9 Å². The summed E-state index contributed by atoms with van der Waals surface area (Å²) in [5.74, 6) is 0.741. The third-order valence-corrected chi connectivity index (χ3v) is 5.18. The fourth-order valence-corrected chi connectivity index (χ4v) is 3.82. The third-order valence-electron chi connectivity index (χ3n) is 3.99. The van der Waals surface area contributed by atoms with Crippen LogP contribution < -0.4 is 9.64 Å². The van der Waals surface area contributed by atoms with Gasteiger partial charge in [0.15, 0.2) is 0 Å². The van der Waals surface area contributed by atoms with E-state index < -0.39 is 0 Å². The van der Waals surface area contributed by atoms with Crippen molar-refractivity contribution in [1.29, 1.82) is 0 Å². The number of thiazole rings is 1. The Bertz CT molecular complexity index is 889. The van der Waals surface area contributed by atoms with Gasteiger partial charge in [0, 0.05) is 5.56 Å². The van der Waals surface area contributed by atoms with Crippen LogP contribution in [0.2, 0.25) is 0 Å². The number of anilines is 1. The van der Waals surface area contributed by atoms with E-state index in [1.54, 1.807) is 4.90 Å². The Kier molecular flexibility index (Phi) is 3.78. The molecule has 0 spiro atoms. The summed E-state index contributed by atoms with van der Waals surface area (Å²) in [6, 6.07) is 17.6. The SMILES string of the molecule is Cc1nc(-c2ccccc2)sc1C(=O)N1CCOc2ccccc21. The molecule has 24 heavy (non-hydrogen) atoms. The first-order valence-electron chi connectivity index (χ1n) is 7.80. The molecule has 5 heteroatoms. The van der Waals surface area contributed by atoms with Gasteiger partial charge >= 0.3 is 0 Å². The van der Waals surface area contributed by atoms with Crippen LogP contribution in [0.4, 0.5) is 5.69 Å². The first-order valence-corrected chi connectivity index (χ1v) is 8.62. The molecule has 3 aromatic rings. The molecule has 1 aliphatic heterocycles. The molecule has 0 aliphatic carbocycles. The monoisotopic (exact) mass is 336 g/mol. The van der Waals surface area contributed by atoms with Crippen LogP contribution in [0.1, 0.15) is 15.4 Å². The molecule has 2 heterocycles. The molecule has 0 bridgehead atoms. The highest BCUT2D eigenvalue weighted by molar-refractivity contribution is 7.17. The van der Waals surface area contributed by atoms with Crippen molar-refractivity contribution in [3.05, 3.63) is 65.2 Å². The molecule has 2 aromatic carbocycles. The van der Waals surface area contributed by atoms with Crippen molar-refractivity contribution < 1.29 is 9.53 Å². The third kappa shape index (κ3) is 2.57. The number of rotatable bonds is 2. The lowest BCUT2D eigenvalue weighted by Gasteiger charge is -2.29. The number of carbonyl (C=O) groups excluding carboxylic acids is 1. The number of aryl methyl sites for hydroxylation is 1. The van der Waals surface area contributed by atoms with Gasteiger partial charge in [0.25, 0.3) is 5.91 Å². The second-order valence-corrected chi connectivity index (χ2v) is 6.57. The number of aromatic nitrogens is 1. The van der Waals surface area contributed by atoms with Crippen LogP contribution in [-0.2, 0) is 0 Å². The standard InChI is InChI=1S/C19H16N2O2S/c1-13-17(24-18(20-13)14-7-3-2-4-8-14)19(22)21-11-12-23-16-10-6-5-9-15(16)21/h2-10H,11-12H2,1H3. The summed E-state index contributed by atoms with van der Waals surface area (Å²) in [4.78, 5) is 20.1. The van der Waals surface area contributed by atoms with Crippen LogP contribution in [-0.4, -0.2) is 24.0 Å². The number of benzene rings is 2. The van der Waals surface area contributed by atoms with E-state index in [4.69, 9.17) is 4.74 Å². The maximum absolute atomic E-state index is 13.1. The van der Waals surface area contributed by atoms with Crippen molar-refractivity contribution in [1.82, 2.24) is 4.98 Å². The molecule has 0 saturated heterocycles. The molecular formula is C19H16N2O2S. The quantitative estimate of drug-likeness (QED) is 0.706. The number of carbonyl (C=O) groups is 1. The lowest BCUT2D eigenvalue weighted by atomic mass is 10.2. The van der Waals surface area contributed by atoms with Crippen molar-refractivity contribution in [2.24, 2.45) is 0 Å². The lowest BCUT2D eigenvalue weighted by molar-refractivity contribution is 0.0979. The van der Waals surface area contributed by atoms with E-state index in [1.165, 1.54) is 11.3 Å². The molecule has 0 fully saturated rings. The molecule has 0 N–H and O–H groups in total. The fraction of sp³-hybridized carbons (Fsp3) is 0.158. The molecule has 4 rings (SSSR count). The first kappa shape index (κ1) is 14.9. The minimum atomic E-state index is -0.0112. The Morgan fingerprint density at radius 3 is 2.71 bits per heavy atom. The number of hydrogen-bond acceptors (Lipinski definition) is 4. The molecule has 0 atom stereocenters. The van der Waals surface area contributed by atoms with Crippen molar-refractivity contribution in [3.8, 4) is 16.3 Å². The Morgan fingerprint density at radius 2 is 1.88 bits per heavy atom. The molecule has 0 saturated carbocycles. The zero-order chi connectivity index (χ0) is 16.5. The number of nitrogens with zero attached hydrogens (tertiary/aromatic N) is 2. The maximum atomic E-state index is 13.1. The van der Waals surface area contributed by atoms with Crippen molar-refractivity contribution in [2.75, 3.05) is 18.1 Å². The van der Waals surface area contributed by atoms with Gasteiger partial charge in [0.05, 0.1) is 17.9 Å². The van der Waals surface area contributed by atoms with E-state index in [2.05, 4.69) is 4.98 Å². The van der Waals surface area contributed by atoms with E-state index >= 15 is 0 Å². The summed E-state index contributed by atoms with van der Waals surface area (Å²) in [7, 11) is 0. The Morgan fingerprint density at radius 1 is 1.12 bits per heavy atom. The minimum absolute atomic E-state index is 0.0112. The Hall–Kier alpha value is -2.66. The van der Waals surface area contributed by atoms with E-state index in [0.717, 1.165) is 27.7 Å². The molecule has 0 unspecified atom stereocenters. The smallest absolute Gasteiger partial charge is 0.270 e. The highest BCUT2D eigenvalue weighted by Gasteiger charge is 2.27. The first-order chi connectivity index (χ1) is 11.7. The summed E-state index contributed by atoms with van der Waals surface area (Å²) in [5.41, 5.74) is 2.63. The molecule has 1 aromatic heterocycles. The lowest BCUT2D eigenvalue weighted by Crippen LogP contribution is -2.37.